The molecule has 0 aliphatic heterocycles. The normalized spacial score (nSPS) is 10.2. The van der Waals surface area contributed by atoms with Gasteiger partial charge >= 0.3 is 0 Å². The van der Waals surface area contributed by atoms with Gasteiger partial charge in [0.1, 0.15) is 18.2 Å². The van der Waals surface area contributed by atoms with Crippen molar-refractivity contribution in [2.24, 2.45) is 0 Å². The van der Waals surface area contributed by atoms with Crippen LogP contribution in [-0.4, -0.2) is 17.0 Å². The number of halogens is 1. The second-order valence-corrected chi connectivity index (χ2v) is 5.05. The van der Waals surface area contributed by atoms with E-state index in [1.54, 1.807) is 0 Å². The molecule has 0 saturated carbocycles. The lowest BCUT2D eigenvalue weighted by Gasteiger charge is -2.07. The van der Waals surface area contributed by atoms with Gasteiger partial charge in [0.2, 0.25) is 0 Å². The number of benzene rings is 1. The predicted octanol–water partition coefficient (Wildman–Crippen LogP) is 3.01. The number of rotatable bonds is 4. The van der Waals surface area contributed by atoms with E-state index in [9.17, 15) is 0 Å². The summed E-state index contributed by atoms with van der Waals surface area (Å²) in [5, 5.41) is 3.01. The highest BCUT2D eigenvalue weighted by molar-refractivity contribution is 14.1. The number of anilines is 1. The molecule has 0 radical (unpaired) electrons. The molecule has 0 aliphatic carbocycles. The Kier molecular flexibility index (Phi) is 4.35. The van der Waals surface area contributed by atoms with Crippen molar-refractivity contribution >= 4 is 28.4 Å². The van der Waals surface area contributed by atoms with Crippen LogP contribution in [0.5, 0.6) is 5.75 Å². The standard InChI is InChI=1S/C13H14IN3O/c1-9-7-12(15-2)17-13(16-9)8-18-11-5-3-10(14)4-6-11/h3-7H,8H2,1-2H3,(H,15,16,17). The fraction of sp³-hybridized carbons (Fsp3) is 0.231. The molecular formula is C13H14IN3O. The number of aryl methyl sites for hydroxylation is 1. The van der Waals surface area contributed by atoms with E-state index in [1.807, 2.05) is 44.3 Å². The minimum absolute atomic E-state index is 0.372. The molecule has 1 aromatic carbocycles. The lowest BCUT2D eigenvalue weighted by atomic mass is 10.3. The van der Waals surface area contributed by atoms with Gasteiger partial charge in [-0.1, -0.05) is 0 Å². The SMILES string of the molecule is CNc1cc(C)nc(COc2ccc(I)cc2)n1. The van der Waals surface area contributed by atoms with E-state index in [2.05, 4.69) is 37.9 Å². The van der Waals surface area contributed by atoms with Crippen molar-refractivity contribution in [3.8, 4) is 5.75 Å². The first-order valence-corrected chi connectivity index (χ1v) is 6.66. The molecule has 0 amide bonds. The number of ether oxygens (including phenoxy) is 1. The summed E-state index contributed by atoms with van der Waals surface area (Å²) in [7, 11) is 1.84. The molecule has 0 unspecified atom stereocenters. The van der Waals surface area contributed by atoms with Crippen LogP contribution in [0, 0.1) is 10.5 Å². The van der Waals surface area contributed by atoms with Gasteiger partial charge < -0.3 is 10.1 Å². The Morgan fingerprint density at radius 3 is 2.61 bits per heavy atom. The zero-order chi connectivity index (χ0) is 13.0. The average molecular weight is 355 g/mol. The Balaban J connectivity index is 2.05. The lowest BCUT2D eigenvalue weighted by Crippen LogP contribution is -2.05. The highest BCUT2D eigenvalue weighted by Gasteiger charge is 2.02. The van der Waals surface area contributed by atoms with Gasteiger partial charge in [0.15, 0.2) is 5.82 Å². The number of nitrogens with one attached hydrogen (secondary N) is 1. The fourth-order valence-corrected chi connectivity index (χ4v) is 1.86. The molecular weight excluding hydrogens is 341 g/mol. The van der Waals surface area contributed by atoms with Crippen LogP contribution in [0.2, 0.25) is 0 Å². The van der Waals surface area contributed by atoms with Crippen molar-refractivity contribution in [3.63, 3.8) is 0 Å². The molecule has 0 atom stereocenters. The highest BCUT2D eigenvalue weighted by atomic mass is 127. The summed E-state index contributed by atoms with van der Waals surface area (Å²) >= 11 is 2.26. The second-order valence-electron chi connectivity index (χ2n) is 3.80. The molecule has 94 valence electrons. The largest absolute Gasteiger partial charge is 0.486 e. The first kappa shape index (κ1) is 13.1. The molecule has 18 heavy (non-hydrogen) atoms. The maximum Gasteiger partial charge on any atom is 0.168 e. The van der Waals surface area contributed by atoms with Gasteiger partial charge in [0.25, 0.3) is 0 Å². The number of hydrogen-bond acceptors (Lipinski definition) is 4. The van der Waals surface area contributed by atoms with Crippen molar-refractivity contribution in [1.29, 1.82) is 0 Å². The van der Waals surface area contributed by atoms with Crippen LogP contribution in [0.25, 0.3) is 0 Å². The zero-order valence-corrected chi connectivity index (χ0v) is 12.4. The van der Waals surface area contributed by atoms with E-state index in [0.29, 0.717) is 12.4 Å². The van der Waals surface area contributed by atoms with Crippen molar-refractivity contribution in [3.05, 3.63) is 45.4 Å². The van der Waals surface area contributed by atoms with Gasteiger partial charge in [-0.3, -0.25) is 0 Å². The first-order chi connectivity index (χ1) is 8.67. The Morgan fingerprint density at radius 2 is 1.94 bits per heavy atom. The van der Waals surface area contributed by atoms with Crippen molar-refractivity contribution in [2.75, 3.05) is 12.4 Å². The summed E-state index contributed by atoms with van der Waals surface area (Å²) in [5.74, 6) is 2.31. The van der Waals surface area contributed by atoms with Gasteiger partial charge in [0.05, 0.1) is 0 Å². The average Bonchev–Trinajstić information content (AvgIpc) is 2.37. The molecule has 5 heteroatoms. The number of nitrogens with zero attached hydrogens (tertiary/aromatic N) is 2. The molecule has 0 fully saturated rings. The molecule has 0 saturated heterocycles. The molecule has 1 heterocycles. The predicted molar refractivity (Wildman–Crippen MR) is 79.8 cm³/mol. The molecule has 0 aliphatic rings. The van der Waals surface area contributed by atoms with E-state index in [0.717, 1.165) is 17.3 Å². The Labute approximate surface area is 120 Å². The van der Waals surface area contributed by atoms with Crippen molar-refractivity contribution in [2.45, 2.75) is 13.5 Å². The minimum atomic E-state index is 0.372. The summed E-state index contributed by atoms with van der Waals surface area (Å²) in [5.41, 5.74) is 0.926. The Hall–Kier alpha value is -1.37. The van der Waals surface area contributed by atoms with Crippen LogP contribution in [0.4, 0.5) is 5.82 Å². The van der Waals surface area contributed by atoms with Crippen LogP contribution in [0.15, 0.2) is 30.3 Å². The third-order valence-corrected chi connectivity index (χ3v) is 3.06. The Morgan fingerprint density at radius 1 is 1.22 bits per heavy atom. The maximum atomic E-state index is 5.65. The molecule has 2 rings (SSSR count). The molecule has 0 spiro atoms. The molecule has 4 nitrogen and oxygen atoms in total. The zero-order valence-electron chi connectivity index (χ0n) is 10.3. The van der Waals surface area contributed by atoms with Gasteiger partial charge in [-0.05, 0) is 53.8 Å². The third kappa shape index (κ3) is 3.56. The molecule has 0 bridgehead atoms. The van der Waals surface area contributed by atoms with Crippen LogP contribution in [0.1, 0.15) is 11.5 Å². The molecule has 1 aromatic heterocycles. The van der Waals surface area contributed by atoms with E-state index in [1.165, 1.54) is 3.57 Å². The van der Waals surface area contributed by atoms with E-state index < -0.39 is 0 Å². The summed E-state index contributed by atoms with van der Waals surface area (Å²) in [6.07, 6.45) is 0. The van der Waals surface area contributed by atoms with E-state index >= 15 is 0 Å². The molecule has 2 aromatic rings. The van der Waals surface area contributed by atoms with Crippen LogP contribution in [0.3, 0.4) is 0 Å². The fourth-order valence-electron chi connectivity index (χ4n) is 1.50. The van der Waals surface area contributed by atoms with Crippen LogP contribution in [-0.2, 0) is 6.61 Å². The third-order valence-electron chi connectivity index (χ3n) is 2.34. The Bertz CT molecular complexity index is 528. The van der Waals surface area contributed by atoms with Crippen LogP contribution >= 0.6 is 22.6 Å². The smallest absolute Gasteiger partial charge is 0.168 e. The summed E-state index contributed by atoms with van der Waals surface area (Å²) in [4.78, 5) is 8.67. The second kappa shape index (κ2) is 5.99. The minimum Gasteiger partial charge on any atom is -0.486 e. The number of aromatic nitrogens is 2. The van der Waals surface area contributed by atoms with Gasteiger partial charge in [-0.15, -0.1) is 0 Å². The monoisotopic (exact) mass is 355 g/mol. The summed E-state index contributed by atoms with van der Waals surface area (Å²) in [6.45, 7) is 2.31. The lowest BCUT2D eigenvalue weighted by molar-refractivity contribution is 0.295. The van der Waals surface area contributed by atoms with Crippen molar-refractivity contribution in [1.82, 2.24) is 9.97 Å². The van der Waals surface area contributed by atoms with Gasteiger partial charge in [-0.25, -0.2) is 9.97 Å². The van der Waals surface area contributed by atoms with E-state index in [4.69, 9.17) is 4.74 Å². The van der Waals surface area contributed by atoms with Crippen LogP contribution < -0.4 is 10.1 Å². The van der Waals surface area contributed by atoms with Gasteiger partial charge in [0, 0.05) is 22.4 Å². The molecule has 1 N–H and O–H groups in total. The maximum absolute atomic E-state index is 5.65. The summed E-state index contributed by atoms with van der Waals surface area (Å²) < 4.78 is 6.83. The highest BCUT2D eigenvalue weighted by Crippen LogP contribution is 2.15. The summed E-state index contributed by atoms with van der Waals surface area (Å²) in [6, 6.07) is 9.79. The number of hydrogen-bond donors (Lipinski definition) is 1. The van der Waals surface area contributed by atoms with Crippen molar-refractivity contribution < 1.29 is 4.74 Å². The van der Waals surface area contributed by atoms with E-state index in [-0.39, 0.29) is 0 Å². The topological polar surface area (TPSA) is 47.0 Å². The quantitative estimate of drug-likeness (QED) is 0.857. The van der Waals surface area contributed by atoms with Gasteiger partial charge in [-0.2, -0.15) is 0 Å². The first-order valence-electron chi connectivity index (χ1n) is 5.58.